The van der Waals surface area contributed by atoms with Gasteiger partial charge in [0.15, 0.2) is 0 Å². The molecule has 0 atom stereocenters. The third-order valence-corrected chi connectivity index (χ3v) is 4.29. The lowest BCUT2D eigenvalue weighted by Gasteiger charge is -2.18. The van der Waals surface area contributed by atoms with Gasteiger partial charge >= 0.3 is 0 Å². The number of benzene rings is 1. The van der Waals surface area contributed by atoms with Gasteiger partial charge in [-0.05, 0) is 31.5 Å². The molecule has 1 aromatic heterocycles. The highest BCUT2D eigenvalue weighted by atomic mass is 35.5. The first kappa shape index (κ1) is 17.1. The lowest BCUT2D eigenvalue weighted by Crippen LogP contribution is -2.26. The fourth-order valence-corrected chi connectivity index (χ4v) is 2.96. The smallest absolute Gasteiger partial charge is 0.276 e. The second-order valence-electron chi connectivity index (χ2n) is 5.05. The highest BCUT2D eigenvalue weighted by Gasteiger charge is 2.20. The number of thioether (sulfide) groups is 1. The van der Waals surface area contributed by atoms with Crippen LogP contribution < -0.4 is 5.32 Å². The van der Waals surface area contributed by atoms with Gasteiger partial charge in [-0.3, -0.25) is 0 Å². The van der Waals surface area contributed by atoms with E-state index >= 15 is 0 Å². The van der Waals surface area contributed by atoms with Gasteiger partial charge in [-0.15, -0.1) is 22.6 Å². The minimum Gasteiger partial charge on any atom is -0.416 e. The molecule has 4 nitrogen and oxygen atoms in total. The zero-order valence-electron chi connectivity index (χ0n) is 12.3. The Hall–Kier alpha value is -1.30. The largest absolute Gasteiger partial charge is 0.416 e. The number of rotatable bonds is 5. The van der Waals surface area contributed by atoms with Crippen LogP contribution in [0.4, 0.5) is 0 Å². The molecule has 118 valence electrons. The molecule has 3 rings (SSSR count). The second kappa shape index (κ2) is 8.98. The average Bonchev–Trinajstić information content (AvgIpc) is 3.02. The van der Waals surface area contributed by atoms with E-state index < -0.39 is 0 Å². The molecular weight excluding hydrogens is 318 g/mol. The number of hydrogen-bond acceptors (Lipinski definition) is 5. The Morgan fingerprint density at radius 2 is 1.95 bits per heavy atom. The maximum atomic E-state index is 5.75. The van der Waals surface area contributed by atoms with Crippen molar-refractivity contribution in [3.05, 3.63) is 47.9 Å². The summed E-state index contributed by atoms with van der Waals surface area (Å²) in [5.41, 5.74) is 1.21. The van der Waals surface area contributed by atoms with Crippen molar-refractivity contribution < 1.29 is 4.42 Å². The van der Waals surface area contributed by atoms with Crippen LogP contribution in [0.2, 0.25) is 0 Å². The van der Waals surface area contributed by atoms with E-state index in [1.54, 1.807) is 11.8 Å². The molecular formula is C16H20ClN3OS. The summed E-state index contributed by atoms with van der Waals surface area (Å²) in [4.78, 5) is 0. The first-order valence-electron chi connectivity index (χ1n) is 7.30. The van der Waals surface area contributed by atoms with Gasteiger partial charge in [0.25, 0.3) is 5.22 Å². The van der Waals surface area contributed by atoms with E-state index in [0.29, 0.717) is 11.1 Å². The Morgan fingerprint density at radius 1 is 1.18 bits per heavy atom. The maximum Gasteiger partial charge on any atom is 0.276 e. The normalized spacial score (nSPS) is 15.8. The summed E-state index contributed by atoms with van der Waals surface area (Å²) in [6.45, 7) is 2.07. The van der Waals surface area contributed by atoms with E-state index in [1.165, 1.54) is 5.56 Å². The quantitative estimate of drug-likeness (QED) is 0.842. The number of aromatic nitrogens is 2. The van der Waals surface area contributed by atoms with Gasteiger partial charge in [0, 0.05) is 11.7 Å². The molecule has 0 spiro atoms. The van der Waals surface area contributed by atoms with Crippen LogP contribution in [0, 0.1) is 0 Å². The molecule has 1 aromatic carbocycles. The van der Waals surface area contributed by atoms with Crippen LogP contribution in [0.25, 0.3) is 6.08 Å². The molecule has 0 saturated carbocycles. The first-order valence-corrected chi connectivity index (χ1v) is 8.29. The number of nitrogens with zero attached hydrogens (tertiary/aromatic N) is 2. The summed E-state index contributed by atoms with van der Waals surface area (Å²) in [7, 11) is 0. The van der Waals surface area contributed by atoms with E-state index in [2.05, 4.69) is 39.8 Å². The van der Waals surface area contributed by atoms with E-state index in [4.69, 9.17) is 4.42 Å². The fraction of sp³-hybridized carbons (Fsp3) is 0.375. The molecule has 0 radical (unpaired) electrons. The average molecular weight is 338 g/mol. The molecule has 1 saturated heterocycles. The van der Waals surface area contributed by atoms with E-state index in [1.807, 2.05) is 18.2 Å². The topological polar surface area (TPSA) is 51.0 Å². The van der Waals surface area contributed by atoms with Crippen LogP contribution in [0.5, 0.6) is 0 Å². The Labute approximate surface area is 141 Å². The van der Waals surface area contributed by atoms with E-state index in [0.717, 1.165) is 37.6 Å². The molecule has 0 aliphatic carbocycles. The predicted molar refractivity (Wildman–Crippen MR) is 92.6 cm³/mol. The van der Waals surface area contributed by atoms with Gasteiger partial charge in [-0.2, -0.15) is 0 Å². The second-order valence-corrected chi connectivity index (χ2v) is 6.03. The summed E-state index contributed by atoms with van der Waals surface area (Å²) in [6, 6.07) is 10.3. The lowest BCUT2D eigenvalue weighted by atomic mass is 9.98. The van der Waals surface area contributed by atoms with Crippen molar-refractivity contribution in [1.82, 2.24) is 15.5 Å². The van der Waals surface area contributed by atoms with Crippen molar-refractivity contribution in [3.8, 4) is 0 Å². The molecule has 0 amide bonds. The molecule has 0 unspecified atom stereocenters. The molecule has 2 heterocycles. The molecule has 0 bridgehead atoms. The molecule has 1 aliphatic rings. The van der Waals surface area contributed by atoms with Gasteiger partial charge in [-0.25, -0.2) is 0 Å². The minimum absolute atomic E-state index is 0. The van der Waals surface area contributed by atoms with Gasteiger partial charge in [0.2, 0.25) is 5.89 Å². The summed E-state index contributed by atoms with van der Waals surface area (Å²) in [5, 5.41) is 12.3. The summed E-state index contributed by atoms with van der Waals surface area (Å²) < 4.78 is 5.75. The van der Waals surface area contributed by atoms with Crippen molar-refractivity contribution in [2.24, 2.45) is 0 Å². The summed E-state index contributed by atoms with van der Waals surface area (Å²) in [6.07, 6.45) is 6.39. The van der Waals surface area contributed by atoms with Crippen molar-refractivity contribution in [1.29, 1.82) is 0 Å². The van der Waals surface area contributed by atoms with E-state index in [-0.39, 0.29) is 12.4 Å². The third-order valence-electron chi connectivity index (χ3n) is 3.52. The zero-order valence-corrected chi connectivity index (χ0v) is 13.9. The monoisotopic (exact) mass is 337 g/mol. The van der Waals surface area contributed by atoms with Gasteiger partial charge < -0.3 is 9.73 Å². The van der Waals surface area contributed by atoms with Crippen LogP contribution in [-0.2, 0) is 0 Å². The minimum atomic E-state index is 0. The van der Waals surface area contributed by atoms with Gasteiger partial charge in [-0.1, -0.05) is 54.2 Å². The van der Waals surface area contributed by atoms with Crippen molar-refractivity contribution in [3.63, 3.8) is 0 Å². The molecule has 6 heteroatoms. The first-order chi connectivity index (χ1) is 10.4. The third kappa shape index (κ3) is 4.87. The Kier molecular flexibility index (Phi) is 6.96. The van der Waals surface area contributed by atoms with Gasteiger partial charge in [0.1, 0.15) is 0 Å². The highest BCUT2D eigenvalue weighted by molar-refractivity contribution is 7.99. The van der Waals surface area contributed by atoms with Crippen LogP contribution >= 0.6 is 24.2 Å². The van der Waals surface area contributed by atoms with Crippen molar-refractivity contribution >= 4 is 30.2 Å². The van der Waals surface area contributed by atoms with Crippen LogP contribution in [-0.4, -0.2) is 29.0 Å². The van der Waals surface area contributed by atoms with Crippen LogP contribution in [0.1, 0.15) is 30.2 Å². The highest BCUT2D eigenvalue weighted by Crippen LogP contribution is 2.26. The maximum absolute atomic E-state index is 5.75. The number of piperidine rings is 1. The number of nitrogens with one attached hydrogen (secondary N) is 1. The lowest BCUT2D eigenvalue weighted by molar-refractivity contribution is 0.342. The van der Waals surface area contributed by atoms with Crippen molar-refractivity contribution in [2.75, 3.05) is 18.8 Å². The molecule has 1 fully saturated rings. The summed E-state index contributed by atoms with van der Waals surface area (Å²) in [5.74, 6) is 2.06. The zero-order chi connectivity index (χ0) is 14.3. The van der Waals surface area contributed by atoms with Crippen LogP contribution in [0.15, 0.2) is 46.0 Å². The fourth-order valence-electron chi connectivity index (χ4n) is 2.38. The number of halogens is 1. The number of hydrogen-bond donors (Lipinski definition) is 1. The molecule has 22 heavy (non-hydrogen) atoms. The van der Waals surface area contributed by atoms with E-state index in [9.17, 15) is 0 Å². The van der Waals surface area contributed by atoms with Gasteiger partial charge in [0.05, 0.1) is 0 Å². The Morgan fingerprint density at radius 3 is 2.73 bits per heavy atom. The molecule has 1 N–H and O–H groups in total. The summed E-state index contributed by atoms with van der Waals surface area (Å²) >= 11 is 1.58. The Bertz CT molecular complexity index is 582. The molecule has 1 aliphatic heterocycles. The standard InChI is InChI=1S/C16H19N3OS.ClH/c1-2-5-13(6-3-1)7-4-12-21-16-19-18-15(20-16)14-8-10-17-11-9-14;/h1-7,14,17H,8-12H2;1H/b7-4+;. The van der Waals surface area contributed by atoms with Crippen LogP contribution in [0.3, 0.4) is 0 Å². The predicted octanol–water partition coefficient (Wildman–Crippen LogP) is 3.76. The van der Waals surface area contributed by atoms with Crippen molar-refractivity contribution in [2.45, 2.75) is 24.0 Å². The Balaban J connectivity index is 0.00000176. The molecule has 2 aromatic rings. The SMILES string of the molecule is C(=C\c1ccccc1)/CSc1nnc(C2CCNCC2)o1.Cl.